The van der Waals surface area contributed by atoms with Gasteiger partial charge in [0.1, 0.15) is 11.6 Å². The van der Waals surface area contributed by atoms with Crippen molar-refractivity contribution in [2.45, 2.75) is 45.4 Å². The van der Waals surface area contributed by atoms with Gasteiger partial charge in [-0.05, 0) is 27.7 Å². The predicted molar refractivity (Wildman–Crippen MR) is 75.2 cm³/mol. The van der Waals surface area contributed by atoms with Crippen LogP contribution in [0, 0.1) is 0 Å². The lowest BCUT2D eigenvalue weighted by Gasteiger charge is -2.23. The van der Waals surface area contributed by atoms with Gasteiger partial charge in [-0.3, -0.25) is 0 Å². The minimum Gasteiger partial charge on any atom is -0.480 e. The fourth-order valence-electron chi connectivity index (χ4n) is 0.853. The molecule has 0 aliphatic rings. The summed E-state index contributed by atoms with van der Waals surface area (Å²) in [6, 6.07) is -1.82. The summed E-state index contributed by atoms with van der Waals surface area (Å²) >= 11 is 0. The summed E-state index contributed by atoms with van der Waals surface area (Å²) in [5.74, 6) is -1.18. The molecule has 8 heteroatoms. The summed E-state index contributed by atoms with van der Waals surface area (Å²) in [5.41, 5.74) is 4.74. The van der Waals surface area contributed by atoms with Crippen molar-refractivity contribution in [2.24, 2.45) is 5.73 Å². The molecule has 0 fully saturated rings. The molecule has 0 aliphatic carbocycles. The fraction of sp³-hybridized carbons (Fsp3) is 0.778. The topological polar surface area (TPSA) is 102 Å². The van der Waals surface area contributed by atoms with Crippen molar-refractivity contribution in [3.63, 3.8) is 0 Å². The lowest BCUT2D eigenvalue weighted by molar-refractivity contribution is -0.139. The second-order valence-electron chi connectivity index (χ2n) is 4.32. The second kappa shape index (κ2) is 8.48. The van der Waals surface area contributed by atoms with Crippen molar-refractivity contribution < 1.29 is 19.4 Å². The van der Waals surface area contributed by atoms with E-state index in [1.54, 1.807) is 20.8 Å². The van der Waals surface area contributed by atoms with Gasteiger partial charge in [-0.1, -0.05) is 0 Å². The van der Waals surface area contributed by atoms with Crippen molar-refractivity contribution >= 4 is 39.1 Å². The molecule has 0 aromatic rings. The maximum Gasteiger partial charge on any atom is 0.408 e. The van der Waals surface area contributed by atoms with Crippen molar-refractivity contribution in [1.82, 2.24) is 5.32 Å². The van der Waals surface area contributed by atoms with Gasteiger partial charge in [-0.15, -0.1) is 0 Å². The average Bonchev–Trinajstić information content (AvgIpc) is 1.95. The van der Waals surface area contributed by atoms with Gasteiger partial charge in [-0.2, -0.15) is 27.0 Å². The molecule has 6 nitrogen and oxygen atoms in total. The van der Waals surface area contributed by atoms with Crippen LogP contribution in [0.4, 0.5) is 4.79 Å². The molecule has 0 aliphatic heterocycles. The molecule has 104 valence electrons. The van der Waals surface area contributed by atoms with Gasteiger partial charge in [0.25, 0.3) is 0 Å². The van der Waals surface area contributed by atoms with Crippen molar-refractivity contribution in [3.05, 3.63) is 0 Å². The van der Waals surface area contributed by atoms with Crippen LogP contribution in [0.5, 0.6) is 0 Å². The summed E-state index contributed by atoms with van der Waals surface area (Å²) in [6.45, 7) is 6.56. The Kier molecular flexibility index (Phi) is 10.8. The zero-order valence-electron chi connectivity index (χ0n) is 10.4. The molecule has 0 spiro atoms. The number of hydrogen-bond donors (Lipinski definition) is 3. The number of hydrogen-bond acceptors (Lipinski definition) is 4. The number of ether oxygens (including phenoxy) is 1. The Morgan fingerprint density at radius 3 is 1.94 bits per heavy atom. The van der Waals surface area contributed by atoms with E-state index in [9.17, 15) is 9.59 Å². The van der Waals surface area contributed by atoms with Crippen LogP contribution in [0.1, 0.15) is 27.7 Å². The third-order valence-corrected chi connectivity index (χ3v) is 1.46. The van der Waals surface area contributed by atoms with E-state index in [0.717, 1.165) is 0 Å². The Morgan fingerprint density at radius 2 is 1.71 bits per heavy atom. The van der Waals surface area contributed by atoms with E-state index in [-0.39, 0.29) is 27.0 Å². The number of carbonyl (C=O) groups is 2. The summed E-state index contributed by atoms with van der Waals surface area (Å²) in [4.78, 5) is 21.9. The van der Waals surface area contributed by atoms with Gasteiger partial charge in [0.2, 0.25) is 0 Å². The van der Waals surface area contributed by atoms with Gasteiger partial charge in [0.05, 0.1) is 0 Å². The van der Waals surface area contributed by atoms with E-state index in [4.69, 9.17) is 15.6 Å². The lowest BCUT2D eigenvalue weighted by Crippen LogP contribution is -2.52. The molecule has 17 heavy (non-hydrogen) atoms. The smallest absolute Gasteiger partial charge is 0.408 e. The molecule has 0 heterocycles. The van der Waals surface area contributed by atoms with Crippen LogP contribution in [0.2, 0.25) is 0 Å². The number of amides is 1. The summed E-state index contributed by atoms with van der Waals surface area (Å²) in [5, 5.41) is 10.9. The monoisotopic (exact) mass is 286 g/mol. The Hall–Kier alpha value is -0.600. The summed E-state index contributed by atoms with van der Waals surface area (Å²) < 4.78 is 4.90. The Bertz CT molecular complexity index is 254. The largest absolute Gasteiger partial charge is 0.480 e. The van der Waals surface area contributed by atoms with Crippen LogP contribution in [0.3, 0.4) is 0 Å². The van der Waals surface area contributed by atoms with Crippen LogP contribution >= 0.6 is 27.0 Å². The molecular weight excluding hydrogens is 264 g/mol. The predicted octanol–water partition coefficient (Wildman–Crippen LogP) is 0.537. The molecule has 0 unspecified atom stereocenters. The second-order valence-corrected chi connectivity index (χ2v) is 4.32. The van der Waals surface area contributed by atoms with Gasteiger partial charge in [0.15, 0.2) is 0 Å². The third-order valence-electron chi connectivity index (χ3n) is 1.46. The quantitative estimate of drug-likeness (QED) is 0.703. The first-order valence-corrected chi connectivity index (χ1v) is 4.61. The first-order chi connectivity index (χ1) is 6.63. The molecule has 0 saturated heterocycles. The molecule has 0 aromatic heterocycles. The Labute approximate surface area is 115 Å². The number of nitrogens with two attached hydrogens (primary N) is 1. The molecule has 1 amide bonds. The van der Waals surface area contributed by atoms with Gasteiger partial charge >= 0.3 is 12.1 Å². The van der Waals surface area contributed by atoms with E-state index >= 15 is 0 Å². The molecular formula is C9H22N2O4S2. The highest BCUT2D eigenvalue weighted by atomic mass is 32.1. The molecule has 0 rings (SSSR count). The molecule has 0 bridgehead atoms. The van der Waals surface area contributed by atoms with Crippen molar-refractivity contribution in [1.29, 1.82) is 0 Å². The standard InChI is InChI=1S/C9H18N2O4.2H2S/c1-5(10)6(7(12)13)11-8(14)15-9(2,3)4;;/h5-6H,10H2,1-4H3,(H,11,14)(H,12,13);2*1H2/t5-,6-;;/m0../s1. The van der Waals surface area contributed by atoms with E-state index in [1.165, 1.54) is 6.92 Å². The highest BCUT2D eigenvalue weighted by Gasteiger charge is 2.26. The maximum absolute atomic E-state index is 11.2. The number of alkyl carbamates (subject to hydrolysis) is 1. The number of carbonyl (C=O) groups excluding carboxylic acids is 1. The number of nitrogens with one attached hydrogen (secondary N) is 1. The molecule has 0 saturated carbocycles. The number of carboxylic acids is 1. The summed E-state index contributed by atoms with van der Waals surface area (Å²) in [7, 11) is 0. The highest BCUT2D eigenvalue weighted by molar-refractivity contribution is 7.59. The van der Waals surface area contributed by atoms with Crippen LogP contribution < -0.4 is 11.1 Å². The van der Waals surface area contributed by atoms with E-state index in [0.29, 0.717) is 0 Å². The normalized spacial score (nSPS) is 13.5. The van der Waals surface area contributed by atoms with Crippen molar-refractivity contribution in [3.8, 4) is 0 Å². The van der Waals surface area contributed by atoms with Crippen LogP contribution in [-0.2, 0) is 9.53 Å². The maximum atomic E-state index is 11.2. The Balaban J connectivity index is -0.000000980. The summed E-state index contributed by atoms with van der Waals surface area (Å²) in [6.07, 6.45) is -0.785. The minimum atomic E-state index is -1.18. The first-order valence-electron chi connectivity index (χ1n) is 4.61. The Morgan fingerprint density at radius 1 is 1.29 bits per heavy atom. The lowest BCUT2D eigenvalue weighted by atomic mass is 10.1. The highest BCUT2D eigenvalue weighted by Crippen LogP contribution is 2.07. The molecule has 0 aromatic carbocycles. The fourth-order valence-corrected chi connectivity index (χ4v) is 0.853. The molecule has 0 radical (unpaired) electrons. The SMILES string of the molecule is C[C@H](N)[C@H](NC(=O)OC(C)(C)C)C(=O)O.S.S. The van der Waals surface area contributed by atoms with E-state index in [1.807, 2.05) is 0 Å². The number of carboxylic acid groups (broad SMARTS) is 1. The van der Waals surface area contributed by atoms with Gasteiger partial charge < -0.3 is 20.9 Å². The average molecular weight is 286 g/mol. The van der Waals surface area contributed by atoms with Crippen LogP contribution in [-0.4, -0.2) is 34.9 Å². The van der Waals surface area contributed by atoms with Gasteiger partial charge in [0, 0.05) is 6.04 Å². The molecule has 2 atom stereocenters. The zero-order chi connectivity index (χ0) is 12.2. The molecule has 4 N–H and O–H groups in total. The van der Waals surface area contributed by atoms with Crippen LogP contribution in [0.25, 0.3) is 0 Å². The first kappa shape index (κ1) is 21.7. The zero-order valence-corrected chi connectivity index (χ0v) is 12.4. The van der Waals surface area contributed by atoms with Gasteiger partial charge in [-0.25, -0.2) is 9.59 Å². The van der Waals surface area contributed by atoms with Crippen LogP contribution in [0.15, 0.2) is 0 Å². The minimum absolute atomic E-state index is 0. The van der Waals surface area contributed by atoms with Crippen molar-refractivity contribution in [2.75, 3.05) is 0 Å². The number of rotatable bonds is 3. The van der Waals surface area contributed by atoms with E-state index in [2.05, 4.69) is 5.32 Å². The number of aliphatic carboxylic acids is 1. The van der Waals surface area contributed by atoms with E-state index < -0.39 is 29.7 Å². The third kappa shape index (κ3) is 10.3.